The molecule has 24 rings (SSSR count). The van der Waals surface area contributed by atoms with E-state index in [2.05, 4.69) is 355 Å². The van der Waals surface area contributed by atoms with Crippen LogP contribution in [0.25, 0.3) is 144 Å². The highest BCUT2D eigenvalue weighted by molar-refractivity contribution is 6.24. The number of benzene rings is 14. The number of hydrogen-bond acceptors (Lipinski definition) is 0. The average Bonchev–Trinajstić information content (AvgIpc) is 1.52. The summed E-state index contributed by atoms with van der Waals surface area (Å²) in [5.74, 6) is 15.3. The first-order valence-corrected chi connectivity index (χ1v) is 51.4. The van der Waals surface area contributed by atoms with E-state index in [-0.39, 0.29) is 0 Å². The predicted octanol–water partition coefficient (Wildman–Crippen LogP) is 34.3. The van der Waals surface area contributed by atoms with Gasteiger partial charge in [-0.1, -0.05) is 338 Å². The fraction of sp³-hybridized carbons (Fsp3) is 0.273. The highest BCUT2D eigenvalue weighted by Gasteiger charge is 2.44. The zero-order chi connectivity index (χ0) is 90.1. The molecule has 134 heavy (non-hydrogen) atoms. The van der Waals surface area contributed by atoms with Crippen LogP contribution in [-0.4, -0.2) is 9.13 Å². The van der Waals surface area contributed by atoms with Gasteiger partial charge in [0.05, 0.1) is 22.1 Å². The van der Waals surface area contributed by atoms with Gasteiger partial charge in [0, 0.05) is 44.0 Å². The molecule has 4 atom stereocenters. The van der Waals surface area contributed by atoms with Gasteiger partial charge in [-0.3, -0.25) is 0 Å². The molecule has 2 nitrogen and oxygen atoms in total. The molecule has 8 aliphatic carbocycles. The Hall–Kier alpha value is -13.2. The molecular weight excluding hydrogens is 1610 g/mol. The Morgan fingerprint density at radius 1 is 0.231 bits per heavy atom. The van der Waals surface area contributed by atoms with E-state index in [9.17, 15) is 0 Å². The van der Waals surface area contributed by atoms with Crippen molar-refractivity contribution in [2.45, 2.75) is 209 Å². The lowest BCUT2D eigenvalue weighted by molar-refractivity contribution is 0.666. The summed E-state index contributed by atoms with van der Waals surface area (Å²) in [5.41, 5.74) is 61.9. The SMILES string of the molecule is CCCCCCc1cc2c(c3c1C(=C1c4ccccc4-c4ccccc41)[C@H](C)C3)c1c3c(c(CCCCCC)cc1n2-c1ccc(C#CC#Cc2ccc(-n4c5cc(CCCCCC)c6c(c5c5c7c(c(CCCCCC)cc54)C(=C4c5ccccc5-c5ccccc54)[C@@H](C)C7)C[C@@H](C)C6=C4c5ccccc5-c5ccccc54)cc2)cc1)C(=C1c2ccccc2-c2ccccc21)[C@@H](C)C3. The average molecular weight is 1730 g/mol. The van der Waals surface area contributed by atoms with Crippen LogP contribution in [-0.2, 0) is 51.4 Å². The summed E-state index contributed by atoms with van der Waals surface area (Å²) in [6.07, 6.45) is 27.5. The molecule has 0 saturated carbocycles. The number of rotatable bonds is 22. The summed E-state index contributed by atoms with van der Waals surface area (Å²) < 4.78 is 5.44. The number of allylic oxidation sites excluding steroid dienone is 4. The molecule has 0 saturated heterocycles. The summed E-state index contributed by atoms with van der Waals surface area (Å²) >= 11 is 0. The van der Waals surface area contributed by atoms with E-state index >= 15 is 0 Å². The minimum Gasteiger partial charge on any atom is -0.309 e. The Morgan fingerprint density at radius 3 is 0.619 bits per heavy atom. The normalized spacial score (nSPS) is 16.4. The zero-order valence-electron chi connectivity index (χ0n) is 79.6. The standard InChI is InChI=1S/C132H120N2/c1-9-13-17-21-45-87-77-113-129(109-73-81(5)117(121(87)109)125-101-57-35-27-49-93(101)94-50-28-36-58-102(94)125)130-110-74-82(6)118(126-103-59-37-29-51-95(103)96-52-30-38-60-104(96)126)122(110)88(46-22-18-14-10-2)78-114(130)133(113)91-69-65-85(66-70-91)43-25-26-44-86-67-71-92(72-68-86)134-115-79-89(47-23-19-15-11-3)123-111(75-83(7)119(123)127-105-61-39-31-53-97(105)98-54-32-40-62-106(98)127)131(115)132-112-76-84(8)120(124(112)90(80-116(132)134)48-24-20-16-12-4)128-107-63-41-33-55-99(107)100-56-34-42-64-108(100)128/h27-42,49-72,77-84H,9-24,45-48,73-76H2,1-8H3/t81-,82+,83-,84+. The van der Waals surface area contributed by atoms with Gasteiger partial charge in [-0.15, -0.1) is 0 Å². The Bertz CT molecular complexity index is 6790. The van der Waals surface area contributed by atoms with E-state index in [0.29, 0.717) is 23.7 Å². The Morgan fingerprint density at radius 2 is 0.425 bits per heavy atom. The van der Waals surface area contributed by atoms with Crippen LogP contribution in [0.1, 0.15) is 281 Å². The maximum absolute atomic E-state index is 3.60. The number of unbranched alkanes of at least 4 members (excludes halogenated alkanes) is 12. The summed E-state index contributed by atoms with van der Waals surface area (Å²) in [5, 5.41) is 5.86. The summed E-state index contributed by atoms with van der Waals surface area (Å²) in [6.45, 7) is 19.6. The van der Waals surface area contributed by atoms with Gasteiger partial charge in [0.2, 0.25) is 0 Å². The summed E-state index contributed by atoms with van der Waals surface area (Å²) in [6, 6.07) is 104. The van der Waals surface area contributed by atoms with Gasteiger partial charge in [0.15, 0.2) is 0 Å². The Kier molecular flexibility index (Phi) is 21.7. The Labute approximate surface area is 793 Å². The first kappa shape index (κ1) is 83.8. The number of nitrogens with zero attached hydrogens (tertiary/aromatic N) is 2. The molecule has 2 heterocycles. The van der Waals surface area contributed by atoms with E-state index in [4.69, 9.17) is 0 Å². The molecule has 0 unspecified atom stereocenters. The van der Waals surface area contributed by atoms with Gasteiger partial charge in [-0.2, -0.15) is 0 Å². The number of fused-ring (bicyclic) bond motifs is 26. The highest BCUT2D eigenvalue weighted by Crippen LogP contribution is 2.63. The van der Waals surface area contributed by atoms with Crippen molar-refractivity contribution in [3.05, 3.63) is 389 Å². The van der Waals surface area contributed by atoms with Crippen molar-refractivity contribution >= 4 is 88.2 Å². The lowest BCUT2D eigenvalue weighted by atomic mass is 9.85. The molecule has 0 N–H and O–H groups in total. The molecule has 0 radical (unpaired) electrons. The van der Waals surface area contributed by atoms with Gasteiger partial charge >= 0.3 is 0 Å². The summed E-state index contributed by atoms with van der Waals surface area (Å²) in [4.78, 5) is 0. The van der Waals surface area contributed by atoms with Crippen LogP contribution in [0.2, 0.25) is 0 Å². The topological polar surface area (TPSA) is 9.86 Å². The molecular formula is C132H120N2. The highest BCUT2D eigenvalue weighted by atomic mass is 15.0. The summed E-state index contributed by atoms with van der Waals surface area (Å²) in [7, 11) is 0. The third kappa shape index (κ3) is 13.5. The molecule has 658 valence electrons. The molecule has 14 aromatic carbocycles. The van der Waals surface area contributed by atoms with Crippen molar-refractivity contribution in [2.75, 3.05) is 0 Å². The van der Waals surface area contributed by atoms with E-state index in [0.717, 1.165) is 88.2 Å². The van der Waals surface area contributed by atoms with E-state index < -0.39 is 0 Å². The fourth-order valence-electron chi connectivity index (χ4n) is 26.6. The first-order chi connectivity index (χ1) is 66.1. The molecule has 0 amide bonds. The second kappa shape index (κ2) is 34.7. The quantitative estimate of drug-likeness (QED) is 0.0473. The molecule has 0 fully saturated rings. The molecule has 0 spiro atoms. The van der Waals surface area contributed by atoms with Gasteiger partial charge in [-0.25, -0.2) is 0 Å². The van der Waals surface area contributed by atoms with Gasteiger partial charge in [0.1, 0.15) is 0 Å². The Balaban J connectivity index is 0.656. The largest absolute Gasteiger partial charge is 0.309 e. The molecule has 2 aromatic heterocycles. The van der Waals surface area contributed by atoms with Crippen molar-refractivity contribution in [1.29, 1.82) is 0 Å². The minimum absolute atomic E-state index is 0.313. The second-order valence-corrected chi connectivity index (χ2v) is 40.6. The van der Waals surface area contributed by atoms with Crippen molar-refractivity contribution < 1.29 is 0 Å². The molecule has 0 bridgehead atoms. The smallest absolute Gasteiger partial charge is 0.0547 e. The minimum atomic E-state index is 0.313. The van der Waals surface area contributed by atoms with Crippen LogP contribution in [0.5, 0.6) is 0 Å². The molecule has 16 aromatic rings. The molecule has 2 heteroatoms. The molecule has 0 aliphatic heterocycles. The molecule has 8 aliphatic rings. The lowest BCUT2D eigenvalue weighted by Crippen LogP contribution is -2.01. The van der Waals surface area contributed by atoms with Crippen molar-refractivity contribution in [1.82, 2.24) is 9.13 Å². The van der Waals surface area contributed by atoms with Gasteiger partial charge in [0.25, 0.3) is 0 Å². The zero-order valence-corrected chi connectivity index (χ0v) is 79.6. The van der Waals surface area contributed by atoms with Crippen molar-refractivity contribution in [3.63, 3.8) is 0 Å². The predicted molar refractivity (Wildman–Crippen MR) is 569 cm³/mol. The van der Waals surface area contributed by atoms with Crippen LogP contribution in [0.4, 0.5) is 0 Å². The van der Waals surface area contributed by atoms with Crippen molar-refractivity contribution in [3.8, 4) is 79.6 Å². The maximum atomic E-state index is 3.60. The van der Waals surface area contributed by atoms with Crippen LogP contribution in [0.15, 0.2) is 267 Å². The second-order valence-electron chi connectivity index (χ2n) is 40.6. The fourth-order valence-corrected chi connectivity index (χ4v) is 26.6. The number of aryl methyl sites for hydroxylation is 4. The number of hydrogen-bond donors (Lipinski definition) is 0. The monoisotopic (exact) mass is 1730 g/mol. The number of aromatic nitrogens is 2. The third-order valence-electron chi connectivity index (χ3n) is 32.3. The van der Waals surface area contributed by atoms with Gasteiger partial charge in [-0.05, 0) is 386 Å². The maximum Gasteiger partial charge on any atom is 0.0547 e. The van der Waals surface area contributed by atoms with Crippen LogP contribution >= 0.6 is 0 Å². The van der Waals surface area contributed by atoms with E-state index in [1.807, 2.05) is 0 Å². The van der Waals surface area contributed by atoms with Gasteiger partial charge < -0.3 is 9.13 Å². The van der Waals surface area contributed by atoms with Crippen LogP contribution in [0.3, 0.4) is 0 Å². The van der Waals surface area contributed by atoms with Crippen LogP contribution in [0, 0.1) is 47.4 Å². The third-order valence-corrected chi connectivity index (χ3v) is 32.3. The van der Waals surface area contributed by atoms with Crippen LogP contribution < -0.4 is 0 Å². The first-order valence-electron chi connectivity index (χ1n) is 51.4. The van der Waals surface area contributed by atoms with E-state index in [1.165, 1.54) is 288 Å². The van der Waals surface area contributed by atoms with Crippen molar-refractivity contribution in [2.24, 2.45) is 23.7 Å². The lowest BCUT2D eigenvalue weighted by Gasteiger charge is -2.18. The van der Waals surface area contributed by atoms with E-state index in [1.54, 1.807) is 44.5 Å².